The van der Waals surface area contributed by atoms with Crippen molar-refractivity contribution < 1.29 is 29.4 Å². The van der Waals surface area contributed by atoms with Gasteiger partial charge in [-0.15, -0.1) is 0 Å². The molecule has 306 valence electrons. The van der Waals surface area contributed by atoms with E-state index in [9.17, 15) is 19.8 Å². The smallest absolute Gasteiger partial charge is 0.251 e. The molecule has 3 saturated carbocycles. The summed E-state index contributed by atoms with van der Waals surface area (Å²) in [5.74, 6) is 1.12. The quantitative estimate of drug-likeness (QED) is 0.184. The number of hydrogen-bond acceptors (Lipinski definition) is 9. The number of anilines is 1. The number of carbonyl (C=O) groups is 2. The summed E-state index contributed by atoms with van der Waals surface area (Å²) < 4.78 is 6.39. The van der Waals surface area contributed by atoms with Gasteiger partial charge in [0.05, 0.1) is 25.9 Å². The predicted octanol–water partition coefficient (Wildman–Crippen LogP) is 5.58. The summed E-state index contributed by atoms with van der Waals surface area (Å²) in [6, 6.07) is 10.9. The number of likely N-dealkylation sites (N-methyl/N-ethyl adjacent to an activating group) is 1. The van der Waals surface area contributed by atoms with Gasteiger partial charge in [0.25, 0.3) is 5.91 Å². The number of aliphatic hydroxyl groups excluding tert-OH is 2. The minimum atomic E-state index is -0.897. The molecule has 11 nitrogen and oxygen atoms in total. The number of benzene rings is 2. The fraction of sp³-hybridized carbons (Fsp3) is 0.682. The van der Waals surface area contributed by atoms with Crippen LogP contribution in [0.4, 0.5) is 5.69 Å². The molecule has 2 bridgehead atoms. The van der Waals surface area contributed by atoms with Crippen LogP contribution in [0.3, 0.4) is 0 Å². The normalized spacial score (nSPS) is 27.3. The Bertz CT molecular complexity index is 1650. The van der Waals surface area contributed by atoms with E-state index in [0.717, 1.165) is 41.8 Å². The van der Waals surface area contributed by atoms with Gasteiger partial charge < -0.3 is 35.4 Å². The van der Waals surface area contributed by atoms with E-state index in [1.165, 1.54) is 6.42 Å². The summed E-state index contributed by atoms with van der Waals surface area (Å²) >= 11 is 0. The first-order valence-corrected chi connectivity index (χ1v) is 20.3. The number of hydroxylamine groups is 2. The average molecular weight is 764 g/mol. The number of carbonyl (C=O) groups excluding carboxylic acids is 2. The van der Waals surface area contributed by atoms with Gasteiger partial charge >= 0.3 is 0 Å². The van der Waals surface area contributed by atoms with Gasteiger partial charge in [-0.3, -0.25) is 14.4 Å². The molecule has 55 heavy (non-hydrogen) atoms. The lowest BCUT2D eigenvalue weighted by Gasteiger charge is -2.62. The van der Waals surface area contributed by atoms with E-state index >= 15 is 0 Å². The van der Waals surface area contributed by atoms with Gasteiger partial charge in [-0.1, -0.05) is 59.7 Å². The summed E-state index contributed by atoms with van der Waals surface area (Å²) in [7, 11) is 7.95. The molecule has 3 aliphatic carbocycles. The molecule has 0 spiro atoms. The lowest BCUT2D eigenvalue weighted by Crippen LogP contribution is -2.62. The average Bonchev–Trinajstić information content (AvgIpc) is 3.47. The number of ether oxygens (including phenoxy) is 1. The highest BCUT2D eigenvalue weighted by Gasteiger charge is 2.57. The second-order valence-electron chi connectivity index (χ2n) is 18.8. The molecule has 4 aliphatic rings. The van der Waals surface area contributed by atoms with Gasteiger partial charge in [-0.05, 0) is 99.6 Å². The number of hydrogen-bond donors (Lipinski definition) is 4. The highest BCUT2D eigenvalue weighted by Crippen LogP contribution is 2.61. The van der Waals surface area contributed by atoms with Gasteiger partial charge in [0.2, 0.25) is 5.91 Å². The van der Waals surface area contributed by atoms with E-state index in [0.29, 0.717) is 35.7 Å². The van der Waals surface area contributed by atoms with Crippen molar-refractivity contribution in [2.45, 2.75) is 112 Å². The maximum absolute atomic E-state index is 14.3. The zero-order valence-corrected chi connectivity index (χ0v) is 35.5. The number of amides is 2. The maximum Gasteiger partial charge on any atom is 0.251 e. The Hall–Kier alpha value is -3.22. The molecule has 2 amide bonds. The highest BCUT2D eigenvalue weighted by molar-refractivity contribution is 5.97. The number of para-hydroxylation sites is 1. The standard InChI is InChI=1S/C44H69N5O6/c1-13-54-40-28(23-49-39(38(27(3)51)37(25-50)55-49)42(53)46-36-21-31-20-35(26(36)2)44(31,7)8)15-14-16-34(40)29-17-30(19-33(18-29)48(11)12)41(52)45-32(24-47(9)10)22-43(4,5)6/h14-19,26-27,31-32,35-39,50-51H,13,20-25H2,1-12H3,(H,45,52)(H,46,53)/t26-,27-,31+,32-,35-,36-,37-,38+,39-/m0/s1. The molecule has 4 fully saturated rings. The van der Waals surface area contributed by atoms with E-state index in [2.05, 4.69) is 63.1 Å². The number of rotatable bonds is 15. The van der Waals surface area contributed by atoms with E-state index in [1.807, 2.05) is 70.3 Å². The van der Waals surface area contributed by atoms with Crippen molar-refractivity contribution in [3.05, 3.63) is 47.5 Å². The molecule has 6 rings (SSSR count). The Balaban J connectivity index is 1.47. The Morgan fingerprint density at radius 1 is 1.11 bits per heavy atom. The Kier molecular flexibility index (Phi) is 13.3. The summed E-state index contributed by atoms with van der Waals surface area (Å²) in [4.78, 5) is 38.7. The number of fused-ring (bicyclic) bond motifs is 2. The van der Waals surface area contributed by atoms with Crippen molar-refractivity contribution in [1.29, 1.82) is 0 Å². The summed E-state index contributed by atoms with van der Waals surface area (Å²) in [6.45, 7) is 18.0. The zero-order chi connectivity index (χ0) is 40.6. The molecule has 2 aromatic rings. The van der Waals surface area contributed by atoms with Gasteiger partial charge in [-0.2, -0.15) is 5.06 Å². The third-order valence-corrected chi connectivity index (χ3v) is 12.6. The number of nitrogens with zero attached hydrogens (tertiary/aromatic N) is 3. The molecule has 0 aromatic heterocycles. The van der Waals surface area contributed by atoms with E-state index in [-0.39, 0.29) is 47.9 Å². The van der Waals surface area contributed by atoms with Crippen molar-refractivity contribution in [1.82, 2.24) is 20.6 Å². The maximum atomic E-state index is 14.3. The van der Waals surface area contributed by atoms with Gasteiger partial charge in [0, 0.05) is 61.0 Å². The van der Waals surface area contributed by atoms with Gasteiger partial charge in [0.15, 0.2) is 0 Å². The molecule has 4 N–H and O–H groups in total. The Labute approximate surface area is 330 Å². The number of aliphatic hydroxyl groups is 2. The molecule has 9 atom stereocenters. The Morgan fingerprint density at radius 2 is 1.82 bits per heavy atom. The molecule has 0 unspecified atom stereocenters. The van der Waals surface area contributed by atoms with Crippen molar-refractivity contribution in [2.24, 2.45) is 34.5 Å². The van der Waals surface area contributed by atoms with Crippen LogP contribution in [-0.2, 0) is 16.2 Å². The topological polar surface area (TPSA) is 127 Å². The highest BCUT2D eigenvalue weighted by atomic mass is 16.7. The van der Waals surface area contributed by atoms with Crippen LogP contribution in [0, 0.1) is 34.5 Å². The molecule has 1 saturated heterocycles. The first-order chi connectivity index (χ1) is 25.7. The molecule has 11 heteroatoms. The molecule has 1 aliphatic heterocycles. The molecular formula is C44H69N5O6. The SMILES string of the molecule is CCOc1c(CN2O[C@@H](CO)[C@@H]([C@H](C)O)[C@H]2C(=O)N[C@H]2C[C@H]3C[C@@H]([C@@H]2C)C3(C)C)cccc1-c1cc(C(=O)N[C@H](CN(C)C)CC(C)(C)C)cc(N(C)C)c1. The first kappa shape index (κ1) is 42.9. The Morgan fingerprint density at radius 3 is 2.38 bits per heavy atom. The first-order valence-electron chi connectivity index (χ1n) is 20.3. The monoisotopic (exact) mass is 764 g/mol. The van der Waals surface area contributed by atoms with E-state index in [4.69, 9.17) is 9.57 Å². The molecular weight excluding hydrogens is 695 g/mol. The van der Waals surface area contributed by atoms with Crippen LogP contribution in [0.2, 0.25) is 0 Å². The van der Waals surface area contributed by atoms with E-state index in [1.54, 1.807) is 12.0 Å². The molecule has 1 heterocycles. The molecule has 0 radical (unpaired) electrons. The second-order valence-corrected chi connectivity index (χ2v) is 18.8. The van der Waals surface area contributed by atoms with Crippen molar-refractivity contribution in [2.75, 3.05) is 52.8 Å². The summed E-state index contributed by atoms with van der Waals surface area (Å²) in [5, 5.41) is 29.7. The third-order valence-electron chi connectivity index (χ3n) is 12.6. The summed E-state index contributed by atoms with van der Waals surface area (Å²) in [5.41, 5.74) is 4.15. The fourth-order valence-electron chi connectivity index (χ4n) is 9.67. The predicted molar refractivity (Wildman–Crippen MR) is 219 cm³/mol. The van der Waals surface area contributed by atoms with Crippen LogP contribution in [0.15, 0.2) is 36.4 Å². The molecule has 2 aromatic carbocycles. The minimum Gasteiger partial charge on any atom is -0.493 e. The van der Waals surface area contributed by atoms with Crippen LogP contribution < -0.4 is 20.3 Å². The summed E-state index contributed by atoms with van der Waals surface area (Å²) in [6.07, 6.45) is 1.32. The number of nitrogens with one attached hydrogen (secondary N) is 2. The van der Waals surface area contributed by atoms with Crippen molar-refractivity contribution >= 4 is 17.5 Å². The minimum absolute atomic E-state index is 0.0334. The van der Waals surface area contributed by atoms with Crippen molar-refractivity contribution in [3.8, 4) is 16.9 Å². The van der Waals surface area contributed by atoms with Gasteiger partial charge in [-0.25, -0.2) is 0 Å². The van der Waals surface area contributed by atoms with Gasteiger partial charge in [0.1, 0.15) is 17.9 Å². The lowest BCUT2D eigenvalue weighted by atomic mass is 9.45. The largest absolute Gasteiger partial charge is 0.493 e. The van der Waals surface area contributed by atoms with Crippen LogP contribution in [0.1, 0.15) is 90.6 Å². The fourth-order valence-corrected chi connectivity index (χ4v) is 9.67. The van der Waals surface area contributed by atoms with Crippen LogP contribution >= 0.6 is 0 Å². The lowest BCUT2D eigenvalue weighted by molar-refractivity contribution is -0.183. The van der Waals surface area contributed by atoms with E-state index < -0.39 is 24.2 Å². The zero-order valence-electron chi connectivity index (χ0n) is 35.5. The van der Waals surface area contributed by atoms with Crippen LogP contribution in [0.25, 0.3) is 11.1 Å². The third kappa shape index (κ3) is 9.50. The second kappa shape index (κ2) is 17.1. The van der Waals surface area contributed by atoms with Crippen LogP contribution in [-0.4, -0.2) is 110 Å². The van der Waals surface area contributed by atoms with Crippen molar-refractivity contribution in [3.63, 3.8) is 0 Å². The van der Waals surface area contributed by atoms with Crippen LogP contribution in [0.5, 0.6) is 5.75 Å².